The summed E-state index contributed by atoms with van der Waals surface area (Å²) in [4.78, 5) is 11.6. The topological polar surface area (TPSA) is 25.8 Å². The third kappa shape index (κ3) is 6.20. The molecule has 0 unspecified atom stereocenters. The van der Waals surface area contributed by atoms with Gasteiger partial charge in [0.2, 0.25) is 0 Å². The van der Waals surface area contributed by atoms with Crippen LogP contribution in [0.5, 0.6) is 0 Å². The van der Waals surface area contributed by atoms with Gasteiger partial charge in [-0.3, -0.25) is 0 Å². The van der Waals surface area contributed by atoms with E-state index >= 15 is 0 Å². The Kier molecular flexibility index (Phi) is 8.69. The molecule has 0 radical (unpaired) electrons. The average molecular weight is 805 g/mol. The third-order valence-corrected chi connectivity index (χ3v) is 13.4. The number of fused-ring (bicyclic) bond motifs is 8. The van der Waals surface area contributed by atoms with Crippen LogP contribution in [0.15, 0.2) is 206 Å². The summed E-state index contributed by atoms with van der Waals surface area (Å²) in [6, 6.07) is 78.1. The SMILES string of the molecule is c1ccc2cc(C3=CCc4cccc(-c5ccc(-c6cc(-c7ccc(-c8ccccc8)cc7)nc(-c7ccccc7)n6)cc5)c4-c4sc5ccccc5c43)c3ccccc3c2c#1. The predicted octanol–water partition coefficient (Wildman–Crippen LogP) is 15.6. The second-order valence-corrected chi connectivity index (χ2v) is 16.9. The lowest BCUT2D eigenvalue weighted by molar-refractivity contribution is 1.18. The van der Waals surface area contributed by atoms with Gasteiger partial charge in [0.15, 0.2) is 5.82 Å². The first-order valence-corrected chi connectivity index (χ1v) is 21.8. The van der Waals surface area contributed by atoms with E-state index in [0.717, 1.165) is 39.9 Å². The van der Waals surface area contributed by atoms with Crippen LogP contribution in [0.25, 0.3) is 104 Å². The number of hydrogen-bond acceptors (Lipinski definition) is 3. The summed E-state index contributed by atoms with van der Waals surface area (Å²) in [6.45, 7) is 0. The Morgan fingerprint density at radius 2 is 1.06 bits per heavy atom. The zero-order valence-electron chi connectivity index (χ0n) is 33.6. The fourth-order valence-corrected chi connectivity index (χ4v) is 10.5. The van der Waals surface area contributed by atoms with E-state index in [0.29, 0.717) is 5.82 Å². The molecule has 0 fully saturated rings. The van der Waals surface area contributed by atoms with Gasteiger partial charge in [0, 0.05) is 48.2 Å². The highest BCUT2D eigenvalue weighted by molar-refractivity contribution is 7.22. The molecule has 288 valence electrons. The smallest absolute Gasteiger partial charge is 0.160 e. The molecule has 1 aliphatic carbocycles. The lowest BCUT2D eigenvalue weighted by atomic mass is 9.88. The molecule has 2 aromatic heterocycles. The Hall–Kier alpha value is -7.90. The van der Waals surface area contributed by atoms with Gasteiger partial charge in [0.25, 0.3) is 0 Å². The van der Waals surface area contributed by atoms with Gasteiger partial charge in [-0.15, -0.1) is 11.3 Å². The number of thiophene rings is 1. The van der Waals surface area contributed by atoms with Gasteiger partial charge in [0.1, 0.15) is 0 Å². The van der Waals surface area contributed by atoms with E-state index in [4.69, 9.17) is 9.97 Å². The van der Waals surface area contributed by atoms with Crippen LogP contribution >= 0.6 is 11.3 Å². The molecule has 1 aliphatic rings. The molecule has 0 N–H and O–H groups in total. The number of allylic oxidation sites excluding steroid dienone is 1. The summed E-state index contributed by atoms with van der Waals surface area (Å²) in [7, 11) is 0. The van der Waals surface area contributed by atoms with Crippen molar-refractivity contribution in [3.8, 4) is 66.6 Å². The fourth-order valence-electron chi connectivity index (χ4n) is 9.21. The second kappa shape index (κ2) is 15.0. The summed E-state index contributed by atoms with van der Waals surface area (Å²) in [5, 5.41) is 6.01. The predicted molar refractivity (Wildman–Crippen MR) is 260 cm³/mol. The highest BCUT2D eigenvalue weighted by Crippen LogP contribution is 2.51. The first-order chi connectivity index (χ1) is 30.7. The van der Waals surface area contributed by atoms with Crippen molar-refractivity contribution >= 4 is 48.5 Å². The second-order valence-electron chi connectivity index (χ2n) is 15.8. The minimum absolute atomic E-state index is 0.707. The first-order valence-electron chi connectivity index (χ1n) is 21.0. The Morgan fingerprint density at radius 1 is 0.452 bits per heavy atom. The lowest BCUT2D eigenvalue weighted by Crippen LogP contribution is -1.96. The van der Waals surface area contributed by atoms with Crippen LogP contribution in [-0.2, 0) is 6.42 Å². The van der Waals surface area contributed by atoms with E-state index < -0.39 is 0 Å². The average Bonchev–Trinajstić information content (AvgIpc) is 3.65. The maximum Gasteiger partial charge on any atom is 0.160 e. The van der Waals surface area contributed by atoms with Crippen molar-refractivity contribution in [1.29, 1.82) is 0 Å². The molecule has 0 spiro atoms. The number of nitrogens with zero attached hydrogens (tertiary/aromatic N) is 2. The quantitative estimate of drug-likeness (QED) is 0.167. The van der Waals surface area contributed by atoms with Crippen LogP contribution in [-0.4, -0.2) is 9.97 Å². The molecule has 0 amide bonds. The number of hydrogen-bond donors (Lipinski definition) is 0. The van der Waals surface area contributed by atoms with Crippen LogP contribution in [0, 0.1) is 12.1 Å². The Morgan fingerprint density at radius 3 is 1.81 bits per heavy atom. The third-order valence-electron chi connectivity index (χ3n) is 12.2. The summed E-state index contributed by atoms with van der Waals surface area (Å²) in [5.74, 6) is 0.707. The molecule has 11 aromatic rings. The van der Waals surface area contributed by atoms with Crippen molar-refractivity contribution in [2.75, 3.05) is 0 Å². The number of rotatable bonds is 6. The normalized spacial score (nSPS) is 12.1. The van der Waals surface area contributed by atoms with Crippen molar-refractivity contribution in [1.82, 2.24) is 9.97 Å². The van der Waals surface area contributed by atoms with E-state index in [2.05, 4.69) is 188 Å². The van der Waals surface area contributed by atoms with Crippen LogP contribution in [0.3, 0.4) is 0 Å². The maximum atomic E-state index is 5.16. The van der Waals surface area contributed by atoms with Gasteiger partial charge < -0.3 is 0 Å². The maximum absolute atomic E-state index is 5.16. The molecule has 0 saturated carbocycles. The van der Waals surface area contributed by atoms with Crippen molar-refractivity contribution in [2.24, 2.45) is 0 Å². The summed E-state index contributed by atoms with van der Waals surface area (Å²) < 4.78 is 1.29. The molecule has 2 nitrogen and oxygen atoms in total. The molecule has 0 bridgehead atoms. The first kappa shape index (κ1) is 36.0. The zero-order valence-corrected chi connectivity index (χ0v) is 34.5. The standard InChI is InChI=1S/C59H36N2S/c1-3-14-38(15-4-1)39-26-30-41(31-27-39)53-37-54(61-59(60-53)44-16-5-2-6-17-44)42-32-28-40(29-33-42)47-24-13-19-43-34-35-50(57-51-23-11-12-25-55(51)62-58(57)56(43)47)52-36-45-18-7-8-20-46(45)48-21-9-10-22-49(48)52/h1-7,9-19,21-33,35-37H,34H2. The van der Waals surface area contributed by atoms with E-state index in [1.807, 2.05) is 41.7 Å². The van der Waals surface area contributed by atoms with Gasteiger partial charge in [-0.1, -0.05) is 188 Å². The van der Waals surface area contributed by atoms with Crippen molar-refractivity contribution in [2.45, 2.75) is 6.42 Å². The molecule has 62 heavy (non-hydrogen) atoms. The molecule has 0 atom stereocenters. The molecule has 12 rings (SSSR count). The van der Waals surface area contributed by atoms with Crippen LogP contribution in [0.1, 0.15) is 16.7 Å². The Labute approximate surface area is 364 Å². The fraction of sp³-hybridized carbons (Fsp3) is 0.0169. The van der Waals surface area contributed by atoms with E-state index in [9.17, 15) is 0 Å². The zero-order chi connectivity index (χ0) is 41.0. The van der Waals surface area contributed by atoms with Crippen molar-refractivity contribution in [3.63, 3.8) is 0 Å². The summed E-state index contributed by atoms with van der Waals surface area (Å²) >= 11 is 1.90. The van der Waals surface area contributed by atoms with Crippen molar-refractivity contribution in [3.05, 3.63) is 235 Å². The molecular formula is C59H36N2S. The Bertz CT molecular complexity index is 3510. The van der Waals surface area contributed by atoms with Crippen molar-refractivity contribution < 1.29 is 0 Å². The highest BCUT2D eigenvalue weighted by atomic mass is 32.1. The Balaban J connectivity index is 0.971. The van der Waals surface area contributed by atoms with Gasteiger partial charge in [0.05, 0.1) is 11.4 Å². The molecule has 2 heterocycles. The molecule has 3 heteroatoms. The summed E-state index contributed by atoms with van der Waals surface area (Å²) in [6.07, 6.45) is 3.29. The van der Waals surface area contributed by atoms with E-state index in [1.165, 1.54) is 81.2 Å². The van der Waals surface area contributed by atoms with Gasteiger partial charge in [-0.05, 0) is 91.9 Å². The molecule has 0 saturated heterocycles. The largest absolute Gasteiger partial charge is 0.228 e. The summed E-state index contributed by atoms with van der Waals surface area (Å²) in [5.41, 5.74) is 16.1. The van der Waals surface area contributed by atoms with Gasteiger partial charge >= 0.3 is 0 Å². The van der Waals surface area contributed by atoms with Gasteiger partial charge in [-0.25, -0.2) is 9.97 Å². The molecule has 9 aromatic carbocycles. The molecular weight excluding hydrogens is 769 g/mol. The highest BCUT2D eigenvalue weighted by Gasteiger charge is 2.26. The van der Waals surface area contributed by atoms with Crippen LogP contribution in [0.4, 0.5) is 0 Å². The monoisotopic (exact) mass is 804 g/mol. The van der Waals surface area contributed by atoms with Gasteiger partial charge in [-0.2, -0.15) is 0 Å². The lowest BCUT2D eigenvalue weighted by Gasteiger charge is -2.16. The number of aromatic nitrogens is 2. The minimum Gasteiger partial charge on any atom is -0.228 e. The minimum atomic E-state index is 0.707. The number of benzene rings is 8. The van der Waals surface area contributed by atoms with Crippen LogP contribution in [0.2, 0.25) is 0 Å². The van der Waals surface area contributed by atoms with E-state index in [1.54, 1.807) is 0 Å². The molecule has 0 aliphatic heterocycles. The van der Waals surface area contributed by atoms with Crippen LogP contribution < -0.4 is 0 Å². The van der Waals surface area contributed by atoms with E-state index in [-0.39, 0.29) is 0 Å².